The molecule has 7 nitrogen and oxygen atoms in total. The van der Waals surface area contributed by atoms with Gasteiger partial charge in [-0.05, 0) is 37.5 Å². The third kappa shape index (κ3) is 3.19. The fourth-order valence-electron chi connectivity index (χ4n) is 2.86. The summed E-state index contributed by atoms with van der Waals surface area (Å²) >= 11 is 6.14. The van der Waals surface area contributed by atoms with Gasteiger partial charge in [-0.15, -0.1) is 0 Å². The standard InChI is InChI=1S/C16H21ClN4O3S/c1-3-21(4-2)25(22,23)13-10-11(6-7-12(13)17)14-19-15(20-24-14)16(18)8-5-9-16/h6-7,10H,3-5,8-9,18H2,1-2H3. The Hall–Kier alpha value is -1.48. The van der Waals surface area contributed by atoms with Gasteiger partial charge in [-0.2, -0.15) is 9.29 Å². The topological polar surface area (TPSA) is 102 Å². The number of hydrogen-bond acceptors (Lipinski definition) is 6. The summed E-state index contributed by atoms with van der Waals surface area (Å²) in [5.41, 5.74) is 6.17. The van der Waals surface area contributed by atoms with E-state index in [1.165, 1.54) is 16.4 Å². The second-order valence-corrected chi connectivity index (χ2v) is 8.48. The highest BCUT2D eigenvalue weighted by atomic mass is 35.5. The lowest BCUT2D eigenvalue weighted by Gasteiger charge is -2.34. The lowest BCUT2D eigenvalue weighted by molar-refractivity contribution is 0.229. The van der Waals surface area contributed by atoms with Crippen molar-refractivity contribution in [3.8, 4) is 11.5 Å². The number of nitrogens with zero attached hydrogens (tertiary/aromatic N) is 3. The summed E-state index contributed by atoms with van der Waals surface area (Å²) in [5, 5.41) is 4.12. The monoisotopic (exact) mass is 384 g/mol. The molecule has 0 radical (unpaired) electrons. The number of halogens is 1. The van der Waals surface area contributed by atoms with Gasteiger partial charge < -0.3 is 10.3 Å². The number of hydrogen-bond donors (Lipinski definition) is 1. The molecule has 1 aromatic heterocycles. The summed E-state index contributed by atoms with van der Waals surface area (Å²) in [5.74, 6) is 0.691. The van der Waals surface area contributed by atoms with Crippen LogP contribution in [0.15, 0.2) is 27.6 Å². The van der Waals surface area contributed by atoms with Crippen LogP contribution in [-0.2, 0) is 15.6 Å². The fourth-order valence-corrected chi connectivity index (χ4v) is 4.82. The summed E-state index contributed by atoms with van der Waals surface area (Å²) in [6.45, 7) is 4.28. The van der Waals surface area contributed by atoms with Crippen LogP contribution in [0.4, 0.5) is 0 Å². The van der Waals surface area contributed by atoms with Crippen molar-refractivity contribution in [1.82, 2.24) is 14.4 Å². The maximum Gasteiger partial charge on any atom is 0.258 e. The predicted molar refractivity (Wildman–Crippen MR) is 94.6 cm³/mol. The molecule has 25 heavy (non-hydrogen) atoms. The summed E-state index contributed by atoms with van der Waals surface area (Å²) in [6.07, 6.45) is 2.66. The van der Waals surface area contributed by atoms with Crippen molar-refractivity contribution >= 4 is 21.6 Å². The largest absolute Gasteiger partial charge is 0.334 e. The summed E-state index contributed by atoms with van der Waals surface area (Å²) in [6, 6.07) is 4.65. The molecule has 0 bridgehead atoms. The summed E-state index contributed by atoms with van der Waals surface area (Å²) in [4.78, 5) is 4.39. The van der Waals surface area contributed by atoms with Crippen molar-refractivity contribution in [2.45, 2.75) is 43.5 Å². The molecule has 2 aromatic rings. The van der Waals surface area contributed by atoms with E-state index in [2.05, 4.69) is 10.1 Å². The van der Waals surface area contributed by atoms with E-state index in [0.717, 1.165) is 19.3 Å². The minimum absolute atomic E-state index is 0.0289. The van der Waals surface area contributed by atoms with Crippen LogP contribution in [0.1, 0.15) is 38.9 Å². The number of rotatable bonds is 6. The van der Waals surface area contributed by atoms with Gasteiger partial charge in [-0.1, -0.05) is 30.6 Å². The van der Waals surface area contributed by atoms with E-state index < -0.39 is 15.6 Å². The molecule has 136 valence electrons. The minimum atomic E-state index is -3.69. The summed E-state index contributed by atoms with van der Waals surface area (Å²) in [7, 11) is -3.69. The highest BCUT2D eigenvalue weighted by Gasteiger charge is 2.39. The van der Waals surface area contributed by atoms with Crippen LogP contribution in [0, 0.1) is 0 Å². The molecule has 0 aliphatic heterocycles. The highest BCUT2D eigenvalue weighted by molar-refractivity contribution is 7.89. The van der Waals surface area contributed by atoms with Crippen LogP contribution >= 0.6 is 11.6 Å². The summed E-state index contributed by atoms with van der Waals surface area (Å²) < 4.78 is 32.2. The van der Waals surface area contributed by atoms with Gasteiger partial charge in [0.1, 0.15) is 4.90 Å². The predicted octanol–water partition coefficient (Wildman–Crippen LogP) is 2.76. The molecular weight excluding hydrogens is 364 g/mol. The van der Waals surface area contributed by atoms with Gasteiger partial charge in [0.2, 0.25) is 10.0 Å². The fraction of sp³-hybridized carbons (Fsp3) is 0.500. The van der Waals surface area contributed by atoms with Crippen LogP contribution in [0.2, 0.25) is 5.02 Å². The van der Waals surface area contributed by atoms with E-state index in [-0.39, 0.29) is 15.8 Å². The molecule has 2 N–H and O–H groups in total. The van der Waals surface area contributed by atoms with Crippen molar-refractivity contribution < 1.29 is 12.9 Å². The first kappa shape index (κ1) is 18.3. The Labute approximate surface area is 152 Å². The number of sulfonamides is 1. The van der Waals surface area contributed by atoms with E-state index in [0.29, 0.717) is 24.5 Å². The molecule has 1 aliphatic carbocycles. The Kier molecular flexibility index (Phi) is 4.89. The zero-order valence-corrected chi connectivity index (χ0v) is 15.8. The van der Waals surface area contributed by atoms with Crippen LogP contribution in [0.25, 0.3) is 11.5 Å². The quantitative estimate of drug-likeness (QED) is 0.821. The van der Waals surface area contributed by atoms with Crippen molar-refractivity contribution in [3.05, 3.63) is 29.0 Å². The molecule has 0 unspecified atom stereocenters. The van der Waals surface area contributed by atoms with Gasteiger partial charge in [0, 0.05) is 18.7 Å². The molecule has 1 aromatic carbocycles. The number of nitrogens with two attached hydrogens (primary N) is 1. The zero-order chi connectivity index (χ0) is 18.2. The van der Waals surface area contributed by atoms with Gasteiger partial charge in [-0.3, -0.25) is 0 Å². The smallest absolute Gasteiger partial charge is 0.258 e. The van der Waals surface area contributed by atoms with Gasteiger partial charge >= 0.3 is 0 Å². The Morgan fingerprint density at radius 1 is 1.32 bits per heavy atom. The van der Waals surface area contributed by atoms with Crippen LogP contribution in [-0.4, -0.2) is 36.0 Å². The molecule has 0 atom stereocenters. The van der Waals surface area contributed by atoms with E-state index in [4.69, 9.17) is 21.9 Å². The number of aromatic nitrogens is 2. The Morgan fingerprint density at radius 2 is 2.00 bits per heavy atom. The Morgan fingerprint density at radius 3 is 2.56 bits per heavy atom. The maximum atomic E-state index is 12.8. The van der Waals surface area contributed by atoms with Crippen molar-refractivity contribution in [2.75, 3.05) is 13.1 Å². The first-order chi connectivity index (χ1) is 11.8. The molecule has 0 amide bonds. The SMILES string of the molecule is CCN(CC)S(=O)(=O)c1cc(-c2nc(C3(N)CCC3)no2)ccc1Cl. The van der Waals surface area contributed by atoms with Gasteiger partial charge in [0.25, 0.3) is 5.89 Å². The molecule has 0 spiro atoms. The first-order valence-corrected chi connectivity index (χ1v) is 10.1. The third-order valence-corrected chi connectivity index (χ3v) is 7.15. The molecule has 3 rings (SSSR count). The first-order valence-electron chi connectivity index (χ1n) is 8.25. The highest BCUT2D eigenvalue weighted by Crippen LogP contribution is 2.38. The van der Waals surface area contributed by atoms with Crippen LogP contribution < -0.4 is 5.73 Å². The number of benzene rings is 1. The lowest BCUT2D eigenvalue weighted by Crippen LogP contribution is -2.44. The van der Waals surface area contributed by atoms with Crippen molar-refractivity contribution in [1.29, 1.82) is 0 Å². The second-order valence-electron chi connectivity index (χ2n) is 6.17. The van der Waals surface area contributed by atoms with Gasteiger partial charge in [0.15, 0.2) is 5.82 Å². The van der Waals surface area contributed by atoms with Gasteiger partial charge in [0.05, 0.1) is 10.6 Å². The Bertz CT molecular complexity index is 873. The van der Waals surface area contributed by atoms with Gasteiger partial charge in [-0.25, -0.2) is 8.42 Å². The molecule has 1 fully saturated rings. The molecule has 9 heteroatoms. The average Bonchev–Trinajstić information content (AvgIpc) is 3.04. The molecular formula is C16H21ClN4O3S. The lowest BCUT2D eigenvalue weighted by atomic mass is 9.77. The molecule has 1 saturated carbocycles. The molecule has 1 aliphatic rings. The molecule has 0 saturated heterocycles. The van der Waals surface area contributed by atoms with E-state index in [1.807, 2.05) is 0 Å². The van der Waals surface area contributed by atoms with E-state index in [1.54, 1.807) is 19.9 Å². The maximum absolute atomic E-state index is 12.8. The minimum Gasteiger partial charge on any atom is -0.334 e. The zero-order valence-electron chi connectivity index (χ0n) is 14.2. The van der Waals surface area contributed by atoms with Crippen LogP contribution in [0.3, 0.4) is 0 Å². The normalized spacial score (nSPS) is 16.8. The van der Waals surface area contributed by atoms with E-state index >= 15 is 0 Å². The molecule has 1 heterocycles. The van der Waals surface area contributed by atoms with Crippen molar-refractivity contribution in [2.24, 2.45) is 5.73 Å². The van der Waals surface area contributed by atoms with Crippen LogP contribution in [0.5, 0.6) is 0 Å². The second kappa shape index (κ2) is 6.68. The van der Waals surface area contributed by atoms with Crippen molar-refractivity contribution in [3.63, 3.8) is 0 Å². The van der Waals surface area contributed by atoms with E-state index in [9.17, 15) is 8.42 Å². The third-order valence-electron chi connectivity index (χ3n) is 4.62. The average molecular weight is 385 g/mol. The Balaban J connectivity index is 2.00.